The van der Waals surface area contributed by atoms with Crippen LogP contribution in [0.3, 0.4) is 0 Å². The normalized spacial score (nSPS) is 24.5. The molecule has 4 aromatic heterocycles. The molecule has 0 aliphatic carbocycles. The van der Waals surface area contributed by atoms with Crippen molar-refractivity contribution in [3.63, 3.8) is 0 Å². The first-order valence-electron chi connectivity index (χ1n) is 16.6. The summed E-state index contributed by atoms with van der Waals surface area (Å²) in [7, 11) is 0. The number of nitrogens with zero attached hydrogens (tertiary/aromatic N) is 8. The lowest BCUT2D eigenvalue weighted by molar-refractivity contribution is -0.0570. The third-order valence-electron chi connectivity index (χ3n) is 8.77. The first-order chi connectivity index (χ1) is 26.9. The molecule has 2 aliphatic rings. The maximum atomic E-state index is 15.8. The van der Waals surface area contributed by atoms with Gasteiger partial charge in [-0.3, -0.25) is 9.13 Å². The van der Waals surface area contributed by atoms with Crippen LogP contribution in [0.2, 0.25) is 10.6 Å². The molecular formula is C34H30Cl2F2N10O8. The third-order valence-corrected chi connectivity index (χ3v) is 9.11. The molecule has 8 atom stereocenters. The van der Waals surface area contributed by atoms with Crippen LogP contribution < -0.4 is 11.5 Å². The van der Waals surface area contributed by atoms with Crippen LogP contribution in [0.25, 0.3) is 22.3 Å². The van der Waals surface area contributed by atoms with Crippen LogP contribution in [-0.2, 0) is 18.9 Å². The summed E-state index contributed by atoms with van der Waals surface area (Å²) in [5, 5.41) is 18.4. The number of hydrogen-bond acceptors (Lipinski definition) is 16. The highest BCUT2D eigenvalue weighted by Crippen LogP contribution is 2.37. The highest BCUT2D eigenvalue weighted by atomic mass is 35.5. The number of alkyl halides is 2. The summed E-state index contributed by atoms with van der Waals surface area (Å²) in [6.45, 7) is -0.871. The average molecular weight is 816 g/mol. The van der Waals surface area contributed by atoms with Crippen molar-refractivity contribution < 1.29 is 47.5 Å². The number of benzene rings is 2. The number of carbonyl (C=O) groups excluding carboxylic acids is 2. The molecule has 56 heavy (non-hydrogen) atoms. The molecule has 18 nitrogen and oxygen atoms in total. The molecule has 2 aromatic carbocycles. The summed E-state index contributed by atoms with van der Waals surface area (Å²) in [6.07, 6.45) is -8.53. The number of ether oxygens (including phenoxy) is 4. The van der Waals surface area contributed by atoms with Crippen molar-refractivity contribution in [2.24, 2.45) is 0 Å². The molecule has 2 fully saturated rings. The molecule has 2 aliphatic heterocycles. The first-order valence-corrected chi connectivity index (χ1v) is 17.4. The molecule has 8 rings (SSSR count). The van der Waals surface area contributed by atoms with Crippen LogP contribution in [0.15, 0.2) is 73.3 Å². The summed E-state index contributed by atoms with van der Waals surface area (Å²) in [5.74, 6) is -1.31. The second kappa shape index (κ2) is 16.2. The molecule has 6 heterocycles. The molecule has 0 radical (unpaired) electrons. The van der Waals surface area contributed by atoms with Gasteiger partial charge in [-0.1, -0.05) is 36.4 Å². The minimum absolute atomic E-state index is 0.0116. The Morgan fingerprint density at radius 2 is 1.23 bits per heavy atom. The number of anilines is 2. The van der Waals surface area contributed by atoms with Gasteiger partial charge in [0.25, 0.3) is 0 Å². The lowest BCUT2D eigenvalue weighted by Gasteiger charge is -2.19. The highest BCUT2D eigenvalue weighted by molar-refractivity contribution is 6.29. The summed E-state index contributed by atoms with van der Waals surface area (Å²) in [5.41, 5.74) is 12.8. The third kappa shape index (κ3) is 7.61. The molecule has 0 unspecified atom stereocenters. The van der Waals surface area contributed by atoms with E-state index in [2.05, 4.69) is 29.9 Å². The zero-order chi connectivity index (χ0) is 39.7. The molecular weight excluding hydrogens is 785 g/mol. The van der Waals surface area contributed by atoms with Crippen molar-refractivity contribution in [2.75, 3.05) is 24.7 Å². The Labute approximate surface area is 323 Å². The fourth-order valence-corrected chi connectivity index (χ4v) is 6.39. The van der Waals surface area contributed by atoms with E-state index < -0.39 is 67.8 Å². The fourth-order valence-electron chi connectivity index (χ4n) is 6.05. The molecule has 0 amide bonds. The molecule has 6 aromatic rings. The van der Waals surface area contributed by atoms with Gasteiger partial charge in [0.2, 0.25) is 10.6 Å². The summed E-state index contributed by atoms with van der Waals surface area (Å²) in [4.78, 5) is 48.9. The zero-order valence-electron chi connectivity index (χ0n) is 28.5. The summed E-state index contributed by atoms with van der Waals surface area (Å²) >= 11 is 11.6. The van der Waals surface area contributed by atoms with Gasteiger partial charge in [-0.15, -0.1) is 0 Å². The van der Waals surface area contributed by atoms with E-state index in [4.69, 9.17) is 58.7 Å². The van der Waals surface area contributed by atoms with Crippen LogP contribution >= 0.6 is 23.2 Å². The van der Waals surface area contributed by atoms with Gasteiger partial charge < -0.3 is 40.6 Å². The van der Waals surface area contributed by atoms with Gasteiger partial charge in [0.05, 0.1) is 30.4 Å². The van der Waals surface area contributed by atoms with Crippen LogP contribution in [0.5, 0.6) is 0 Å². The van der Waals surface area contributed by atoms with Crippen LogP contribution in [0, 0.1) is 0 Å². The topological polar surface area (TPSA) is 251 Å². The van der Waals surface area contributed by atoms with E-state index >= 15 is 4.39 Å². The van der Waals surface area contributed by atoms with E-state index in [-0.39, 0.29) is 56.7 Å². The zero-order valence-corrected chi connectivity index (χ0v) is 30.1. The largest absolute Gasteiger partial charge is 0.459 e. The van der Waals surface area contributed by atoms with Gasteiger partial charge in [-0.25, -0.2) is 28.3 Å². The smallest absolute Gasteiger partial charge is 0.338 e. The Morgan fingerprint density at radius 1 is 0.750 bits per heavy atom. The highest BCUT2D eigenvalue weighted by Gasteiger charge is 2.50. The van der Waals surface area contributed by atoms with Crippen molar-refractivity contribution in [3.05, 3.63) is 95.0 Å². The van der Waals surface area contributed by atoms with Gasteiger partial charge in [-0.2, -0.15) is 19.9 Å². The van der Waals surface area contributed by atoms with E-state index in [1.807, 2.05) is 0 Å². The minimum atomic E-state index is -1.87. The minimum Gasteiger partial charge on any atom is -0.459 e. The summed E-state index contributed by atoms with van der Waals surface area (Å²) in [6, 6.07) is 16.4. The van der Waals surface area contributed by atoms with E-state index in [1.54, 1.807) is 60.7 Å². The van der Waals surface area contributed by atoms with Crippen LogP contribution in [0.4, 0.5) is 20.4 Å². The second-order valence-electron chi connectivity index (χ2n) is 12.3. The predicted molar refractivity (Wildman–Crippen MR) is 193 cm³/mol. The number of nitrogens with two attached hydrogens (primary N) is 2. The number of halogens is 4. The number of nitrogen functional groups attached to an aromatic ring is 2. The number of aromatic nitrogens is 8. The molecule has 22 heteroatoms. The van der Waals surface area contributed by atoms with E-state index in [1.165, 1.54) is 21.8 Å². The van der Waals surface area contributed by atoms with Gasteiger partial charge >= 0.3 is 11.9 Å². The molecule has 0 bridgehead atoms. The number of carbonyl (C=O) groups is 2. The van der Waals surface area contributed by atoms with Gasteiger partial charge in [0, 0.05) is 0 Å². The maximum absolute atomic E-state index is 15.8. The molecule has 6 N–H and O–H groups in total. The molecule has 0 saturated carbocycles. The molecule has 0 spiro atoms. The van der Waals surface area contributed by atoms with Crippen LogP contribution in [0.1, 0.15) is 33.2 Å². The monoisotopic (exact) mass is 814 g/mol. The Morgan fingerprint density at radius 3 is 1.73 bits per heavy atom. The lowest BCUT2D eigenvalue weighted by atomic mass is 10.1. The maximum Gasteiger partial charge on any atom is 0.338 e. The van der Waals surface area contributed by atoms with Crippen molar-refractivity contribution in [3.8, 4) is 0 Å². The average Bonchev–Trinajstić information content (AvgIpc) is 3.96. The Kier molecular flexibility index (Phi) is 11.2. The Bertz CT molecular complexity index is 2360. The number of fused-ring (bicyclic) bond motifs is 2. The van der Waals surface area contributed by atoms with Gasteiger partial charge in [0.1, 0.15) is 36.0 Å². The Balaban J connectivity index is 0.000000202. The summed E-state index contributed by atoms with van der Waals surface area (Å²) < 4.78 is 54.5. The quantitative estimate of drug-likeness (QED) is 0.127. The van der Waals surface area contributed by atoms with E-state index in [0.29, 0.717) is 5.56 Å². The number of aliphatic hydroxyl groups excluding tert-OH is 2. The lowest BCUT2D eigenvalue weighted by Crippen LogP contribution is -2.37. The molecule has 2 saturated heterocycles. The van der Waals surface area contributed by atoms with Gasteiger partial charge in [-0.05, 0) is 47.5 Å². The number of rotatable bonds is 8. The van der Waals surface area contributed by atoms with Crippen molar-refractivity contribution >= 4 is 69.1 Å². The second-order valence-corrected chi connectivity index (χ2v) is 13.0. The first kappa shape index (κ1) is 38.6. The van der Waals surface area contributed by atoms with Crippen molar-refractivity contribution in [2.45, 2.75) is 49.2 Å². The number of hydrogen-bond donors (Lipinski definition) is 4. The van der Waals surface area contributed by atoms with Crippen LogP contribution in [-0.4, -0.2) is 111 Å². The van der Waals surface area contributed by atoms with Gasteiger partial charge in [0.15, 0.2) is 53.8 Å². The Hall–Kier alpha value is -5.64. The SMILES string of the molecule is Nc1nc(Cl)nc2c1ncn2[C@H]1O[C@@H](CO)[C@H](O)[C@H]1F.Nc1nc(Cl)nc2c1ncn2[C@H]1O[C@@H](COC(=O)c2ccccc2)[C@H](OC(=O)c2ccccc2)[C@H]1F. The van der Waals surface area contributed by atoms with E-state index in [9.17, 15) is 19.1 Å². The predicted octanol–water partition coefficient (Wildman–Crippen LogP) is 3.03. The standard InChI is InChI=1S/C24H19ClFN5O5.C10H11ClFN5O3/c25-24-29-19(27)17-20(30-24)31(12-28-17)21-16(26)18(36-23(33)14-9-5-2-6-10-14)15(35-21)11-34-22(32)13-7-3-1-4-8-13;11-10-15-7(13)5-8(16-10)17(2-14-5)9-4(12)6(19)3(1-18)20-9/h1-10,12,15-16,18,21H,11H2,(H2,27,29,30);2-4,6,9,18-19H,1H2,(H2,13,15,16)/t15-,16+,18-,21-;3-,4+,6-,9-/m00/s1. The fraction of sp³-hybridized carbons (Fsp3) is 0.294. The number of imidazole rings is 2. The van der Waals surface area contributed by atoms with E-state index in [0.717, 1.165) is 0 Å². The number of aliphatic hydroxyl groups is 2. The van der Waals surface area contributed by atoms with Crippen molar-refractivity contribution in [1.29, 1.82) is 0 Å². The number of esters is 2. The van der Waals surface area contributed by atoms with Crippen molar-refractivity contribution in [1.82, 2.24) is 39.0 Å². The molecule has 292 valence electrons.